The number of fused-ring (bicyclic) bond motifs is 1. The molecule has 1 amide bonds. The Labute approximate surface area is 118 Å². The molecule has 0 aliphatic heterocycles. The molecule has 0 atom stereocenters. The van der Waals surface area contributed by atoms with Gasteiger partial charge in [0, 0.05) is 11.6 Å². The maximum absolute atomic E-state index is 12.3. The lowest BCUT2D eigenvalue weighted by atomic mass is 9.94. The van der Waals surface area contributed by atoms with Gasteiger partial charge in [-0.15, -0.1) is 4.41 Å². The lowest BCUT2D eigenvalue weighted by Gasteiger charge is -2.35. The van der Waals surface area contributed by atoms with Crippen molar-refractivity contribution in [2.24, 2.45) is 0 Å². The molecule has 6 heteroatoms. The average Bonchev–Trinajstić information content (AvgIpc) is 2.85. The molecule has 5 nitrogen and oxygen atoms in total. The smallest absolute Gasteiger partial charge is 0.267 e. The molecule has 0 aromatic rings. The van der Waals surface area contributed by atoms with E-state index in [1.54, 1.807) is 6.08 Å². The van der Waals surface area contributed by atoms with Gasteiger partial charge in [-0.1, -0.05) is 30.7 Å². The van der Waals surface area contributed by atoms with Crippen molar-refractivity contribution in [3.63, 3.8) is 0 Å². The molecule has 1 fully saturated rings. The topological polar surface area (TPSA) is 66.5 Å². The zero-order valence-electron chi connectivity index (χ0n) is 11.2. The molecule has 20 heavy (non-hydrogen) atoms. The van der Waals surface area contributed by atoms with Crippen LogP contribution < -0.4 is 5.43 Å². The van der Waals surface area contributed by atoms with E-state index in [4.69, 9.17) is 0 Å². The van der Waals surface area contributed by atoms with Crippen molar-refractivity contribution in [2.75, 3.05) is 6.26 Å². The van der Waals surface area contributed by atoms with Gasteiger partial charge >= 0.3 is 0 Å². The van der Waals surface area contributed by atoms with Crippen LogP contribution in [0.5, 0.6) is 0 Å². The van der Waals surface area contributed by atoms with E-state index in [1.807, 2.05) is 24.3 Å². The van der Waals surface area contributed by atoms with Gasteiger partial charge in [-0.2, -0.15) is 0 Å². The van der Waals surface area contributed by atoms with E-state index in [-0.39, 0.29) is 11.9 Å². The van der Waals surface area contributed by atoms with Gasteiger partial charge in [0.15, 0.2) is 0 Å². The third-order valence-corrected chi connectivity index (χ3v) is 4.89. The van der Waals surface area contributed by atoms with Gasteiger partial charge in [-0.05, 0) is 30.1 Å². The molecular formula is C14H16N2O3S. The molecule has 1 N–H and O–H groups in total. The summed E-state index contributed by atoms with van der Waals surface area (Å²) in [4.78, 5) is 12.3. The SMILES string of the molecule is CS(=O)(=O)N(NC(=O)C1=C2C=CC=C2C=C1)C1CCC1. The predicted molar refractivity (Wildman–Crippen MR) is 75.9 cm³/mol. The molecule has 3 rings (SSSR count). The number of carbonyl (C=O) groups is 1. The van der Waals surface area contributed by atoms with Crippen LogP contribution in [0.3, 0.4) is 0 Å². The first-order valence-electron chi connectivity index (χ1n) is 6.58. The highest BCUT2D eigenvalue weighted by molar-refractivity contribution is 7.88. The molecule has 106 valence electrons. The summed E-state index contributed by atoms with van der Waals surface area (Å²) < 4.78 is 24.7. The molecular weight excluding hydrogens is 276 g/mol. The lowest BCUT2D eigenvalue weighted by molar-refractivity contribution is -0.121. The number of carbonyl (C=O) groups excluding carboxylic acids is 1. The van der Waals surface area contributed by atoms with Gasteiger partial charge in [0.25, 0.3) is 5.91 Å². The second-order valence-electron chi connectivity index (χ2n) is 5.23. The molecule has 3 aliphatic rings. The van der Waals surface area contributed by atoms with Crippen molar-refractivity contribution in [2.45, 2.75) is 25.3 Å². The summed E-state index contributed by atoms with van der Waals surface area (Å²) >= 11 is 0. The fraction of sp³-hybridized carbons (Fsp3) is 0.357. The summed E-state index contributed by atoms with van der Waals surface area (Å²) in [5.74, 6) is -0.372. The van der Waals surface area contributed by atoms with Gasteiger partial charge in [0.1, 0.15) is 0 Å². The minimum atomic E-state index is -3.45. The van der Waals surface area contributed by atoms with Crippen LogP contribution in [-0.4, -0.2) is 31.0 Å². The zero-order chi connectivity index (χ0) is 14.3. The fourth-order valence-corrected chi connectivity index (χ4v) is 3.51. The molecule has 0 aromatic carbocycles. The monoisotopic (exact) mass is 292 g/mol. The first kappa shape index (κ1) is 13.3. The Hall–Kier alpha value is -1.66. The Morgan fingerprint density at radius 3 is 2.65 bits per heavy atom. The van der Waals surface area contributed by atoms with E-state index in [2.05, 4.69) is 5.43 Å². The van der Waals surface area contributed by atoms with Crippen LogP contribution in [0.1, 0.15) is 19.3 Å². The van der Waals surface area contributed by atoms with E-state index in [0.717, 1.165) is 41.1 Å². The van der Waals surface area contributed by atoms with Crippen molar-refractivity contribution in [1.82, 2.24) is 9.84 Å². The predicted octanol–water partition coefficient (Wildman–Crippen LogP) is 1.19. The Kier molecular flexibility index (Phi) is 3.14. The third kappa shape index (κ3) is 2.25. The second kappa shape index (κ2) is 4.71. The number of rotatable bonds is 4. The molecule has 0 spiro atoms. The Morgan fingerprint density at radius 2 is 2.05 bits per heavy atom. The van der Waals surface area contributed by atoms with Gasteiger partial charge in [0.2, 0.25) is 10.0 Å². The molecule has 0 aromatic heterocycles. The second-order valence-corrected chi connectivity index (χ2v) is 7.09. The van der Waals surface area contributed by atoms with Crippen molar-refractivity contribution >= 4 is 15.9 Å². The van der Waals surface area contributed by atoms with Gasteiger partial charge in [-0.3, -0.25) is 10.2 Å². The Bertz CT molecular complexity index is 679. The van der Waals surface area contributed by atoms with E-state index in [0.29, 0.717) is 5.57 Å². The van der Waals surface area contributed by atoms with Crippen LogP contribution >= 0.6 is 0 Å². The van der Waals surface area contributed by atoms with E-state index in [9.17, 15) is 13.2 Å². The molecule has 0 radical (unpaired) electrons. The summed E-state index contributed by atoms with van der Waals surface area (Å²) in [5, 5.41) is 0. The number of hydrogen-bond acceptors (Lipinski definition) is 3. The third-order valence-electron chi connectivity index (χ3n) is 3.79. The van der Waals surface area contributed by atoms with Crippen LogP contribution in [0.4, 0.5) is 0 Å². The Balaban J connectivity index is 1.81. The minimum absolute atomic E-state index is 0.112. The molecule has 1 saturated carbocycles. The number of hydrogen-bond donors (Lipinski definition) is 1. The van der Waals surface area contributed by atoms with Crippen molar-refractivity contribution in [1.29, 1.82) is 0 Å². The van der Waals surface area contributed by atoms with E-state index < -0.39 is 10.0 Å². The normalized spacial score (nSPS) is 21.2. The summed E-state index contributed by atoms with van der Waals surface area (Å²) in [6.45, 7) is 0. The number of sulfonamides is 1. The summed E-state index contributed by atoms with van der Waals surface area (Å²) in [7, 11) is -3.45. The summed E-state index contributed by atoms with van der Waals surface area (Å²) in [6.07, 6.45) is 12.9. The maximum atomic E-state index is 12.3. The maximum Gasteiger partial charge on any atom is 0.267 e. The molecule has 0 bridgehead atoms. The van der Waals surface area contributed by atoms with E-state index >= 15 is 0 Å². The summed E-state index contributed by atoms with van der Waals surface area (Å²) in [5.41, 5.74) is 4.90. The fourth-order valence-electron chi connectivity index (χ4n) is 2.51. The summed E-state index contributed by atoms with van der Waals surface area (Å²) in [6, 6.07) is -0.112. The Morgan fingerprint density at radius 1 is 1.30 bits per heavy atom. The highest BCUT2D eigenvalue weighted by Gasteiger charge is 2.34. The van der Waals surface area contributed by atoms with Crippen molar-refractivity contribution < 1.29 is 13.2 Å². The van der Waals surface area contributed by atoms with Crippen LogP contribution in [0.2, 0.25) is 0 Å². The average molecular weight is 292 g/mol. The van der Waals surface area contributed by atoms with Crippen LogP contribution in [0.15, 0.2) is 47.1 Å². The van der Waals surface area contributed by atoms with Crippen LogP contribution in [0.25, 0.3) is 0 Å². The number of hydrazine groups is 1. The number of allylic oxidation sites excluding steroid dienone is 6. The zero-order valence-corrected chi connectivity index (χ0v) is 12.0. The number of nitrogens with one attached hydrogen (secondary N) is 1. The highest BCUT2D eigenvalue weighted by atomic mass is 32.2. The molecule has 0 unspecified atom stereocenters. The van der Waals surface area contributed by atoms with Crippen LogP contribution in [0, 0.1) is 0 Å². The minimum Gasteiger partial charge on any atom is -0.271 e. The standard InChI is InChI=1S/C14H16N2O3S/c1-20(18,19)16(11-5-3-6-11)15-14(17)13-9-8-10-4-2-7-12(10)13/h2,4,7-9,11H,3,5-6H2,1H3,(H,15,17). The molecule has 0 heterocycles. The number of nitrogens with zero attached hydrogens (tertiary/aromatic N) is 1. The first-order valence-corrected chi connectivity index (χ1v) is 8.43. The van der Waals surface area contributed by atoms with E-state index in [1.165, 1.54) is 0 Å². The number of amides is 1. The lowest BCUT2D eigenvalue weighted by Crippen LogP contribution is -2.54. The van der Waals surface area contributed by atoms with Crippen LogP contribution in [-0.2, 0) is 14.8 Å². The molecule has 3 aliphatic carbocycles. The van der Waals surface area contributed by atoms with Gasteiger partial charge in [-0.25, -0.2) is 8.42 Å². The first-order chi connectivity index (χ1) is 9.47. The highest BCUT2D eigenvalue weighted by Crippen LogP contribution is 2.30. The quantitative estimate of drug-likeness (QED) is 0.792. The van der Waals surface area contributed by atoms with Gasteiger partial charge in [0.05, 0.1) is 6.26 Å². The molecule has 0 saturated heterocycles. The van der Waals surface area contributed by atoms with Crippen molar-refractivity contribution in [3.05, 3.63) is 47.1 Å². The van der Waals surface area contributed by atoms with Crippen molar-refractivity contribution in [3.8, 4) is 0 Å². The van der Waals surface area contributed by atoms with Gasteiger partial charge < -0.3 is 0 Å². The largest absolute Gasteiger partial charge is 0.271 e.